The van der Waals surface area contributed by atoms with Crippen LogP contribution in [-0.4, -0.2) is 49.0 Å². The van der Waals surface area contributed by atoms with Crippen molar-refractivity contribution in [3.05, 3.63) is 11.6 Å². The first kappa shape index (κ1) is 12.6. The molecule has 16 heavy (non-hydrogen) atoms. The lowest BCUT2D eigenvalue weighted by Crippen LogP contribution is -2.34. The van der Waals surface area contributed by atoms with Crippen molar-refractivity contribution in [3.63, 3.8) is 0 Å². The Morgan fingerprint density at radius 1 is 1.56 bits per heavy atom. The molecule has 1 aromatic rings. The van der Waals surface area contributed by atoms with E-state index in [1.54, 1.807) is 23.5 Å². The van der Waals surface area contributed by atoms with Crippen molar-refractivity contribution >= 4 is 28.3 Å². The van der Waals surface area contributed by atoms with Gasteiger partial charge in [0.25, 0.3) is 0 Å². The zero-order valence-corrected chi connectivity index (χ0v) is 9.91. The summed E-state index contributed by atoms with van der Waals surface area (Å²) < 4.78 is 4.49. The van der Waals surface area contributed by atoms with E-state index in [1.807, 2.05) is 0 Å². The van der Waals surface area contributed by atoms with Crippen LogP contribution in [-0.2, 0) is 14.3 Å². The molecular weight excluding hydrogens is 230 g/mol. The van der Waals surface area contributed by atoms with E-state index in [0.29, 0.717) is 5.13 Å². The topological polar surface area (TPSA) is 71.5 Å². The van der Waals surface area contributed by atoms with E-state index >= 15 is 0 Å². The highest BCUT2D eigenvalue weighted by Crippen LogP contribution is 2.09. The summed E-state index contributed by atoms with van der Waals surface area (Å²) in [5.41, 5.74) is 0. The number of thiazole rings is 1. The van der Waals surface area contributed by atoms with Gasteiger partial charge in [-0.15, -0.1) is 11.3 Å². The summed E-state index contributed by atoms with van der Waals surface area (Å²) >= 11 is 1.34. The van der Waals surface area contributed by atoms with Crippen LogP contribution in [0.15, 0.2) is 11.6 Å². The summed E-state index contributed by atoms with van der Waals surface area (Å²) in [7, 11) is 2.98. The summed E-state index contributed by atoms with van der Waals surface area (Å²) in [6.45, 7) is 0.205. The maximum Gasteiger partial charge on any atom is 0.319 e. The van der Waals surface area contributed by atoms with Crippen LogP contribution in [0.5, 0.6) is 0 Å². The number of ether oxygens (including phenoxy) is 1. The number of amides is 1. The number of aromatic nitrogens is 1. The lowest BCUT2D eigenvalue weighted by Gasteiger charge is -2.13. The Hall–Kier alpha value is -1.47. The minimum atomic E-state index is -0.371. The molecule has 0 fully saturated rings. The molecule has 7 heteroatoms. The molecule has 0 saturated heterocycles. The molecule has 0 spiro atoms. The first-order valence-corrected chi connectivity index (χ1v) is 5.44. The van der Waals surface area contributed by atoms with Gasteiger partial charge in [-0.05, 0) is 7.05 Å². The van der Waals surface area contributed by atoms with Crippen LogP contribution < -0.4 is 5.32 Å². The van der Waals surface area contributed by atoms with Gasteiger partial charge in [0.1, 0.15) is 0 Å². The van der Waals surface area contributed by atoms with Crippen LogP contribution in [0.4, 0.5) is 5.13 Å². The highest BCUT2D eigenvalue weighted by atomic mass is 32.1. The van der Waals surface area contributed by atoms with Crippen molar-refractivity contribution in [1.82, 2.24) is 9.88 Å². The summed E-state index contributed by atoms with van der Waals surface area (Å²) in [6, 6.07) is 0. The van der Waals surface area contributed by atoms with Gasteiger partial charge < -0.3 is 10.1 Å². The molecule has 0 aliphatic rings. The molecule has 0 bridgehead atoms. The molecule has 0 aliphatic carbocycles. The minimum Gasteiger partial charge on any atom is -0.468 e. The molecule has 88 valence electrons. The molecule has 6 nitrogen and oxygen atoms in total. The molecule has 0 aromatic carbocycles. The fourth-order valence-corrected chi connectivity index (χ4v) is 1.58. The molecule has 0 unspecified atom stereocenters. The van der Waals surface area contributed by atoms with E-state index in [-0.39, 0.29) is 25.0 Å². The zero-order valence-electron chi connectivity index (χ0n) is 9.10. The third kappa shape index (κ3) is 4.37. The SMILES string of the molecule is COC(=O)CN(C)CC(=O)Nc1nccs1. The van der Waals surface area contributed by atoms with Crippen LogP contribution in [0.25, 0.3) is 0 Å². The molecule has 0 atom stereocenters. The van der Waals surface area contributed by atoms with E-state index < -0.39 is 0 Å². The summed E-state index contributed by atoms with van der Waals surface area (Å²) in [5, 5.41) is 4.94. The first-order chi connectivity index (χ1) is 7.61. The third-order valence-corrected chi connectivity index (χ3v) is 2.41. The predicted molar refractivity (Wildman–Crippen MR) is 60.3 cm³/mol. The Morgan fingerprint density at radius 3 is 2.88 bits per heavy atom. The first-order valence-electron chi connectivity index (χ1n) is 4.56. The second-order valence-electron chi connectivity index (χ2n) is 3.13. The molecule has 1 aromatic heterocycles. The van der Waals surface area contributed by atoms with Crippen LogP contribution in [0.2, 0.25) is 0 Å². The van der Waals surface area contributed by atoms with Crippen LogP contribution in [0, 0.1) is 0 Å². The standard InChI is InChI=1S/C9H13N3O3S/c1-12(6-8(14)15-2)5-7(13)11-9-10-3-4-16-9/h3-4H,5-6H2,1-2H3,(H,10,11,13). The molecule has 1 N–H and O–H groups in total. The van der Waals surface area contributed by atoms with Gasteiger partial charge in [-0.2, -0.15) is 0 Å². The number of hydrogen-bond acceptors (Lipinski definition) is 6. The number of rotatable bonds is 5. The number of likely N-dealkylation sites (N-methyl/N-ethyl adjacent to an activating group) is 1. The molecule has 1 rings (SSSR count). The Labute approximate surface area is 97.2 Å². The van der Waals surface area contributed by atoms with Crippen LogP contribution in [0.1, 0.15) is 0 Å². The van der Waals surface area contributed by atoms with Crippen LogP contribution >= 0.6 is 11.3 Å². The number of nitrogens with one attached hydrogen (secondary N) is 1. The molecule has 1 heterocycles. The average molecular weight is 243 g/mol. The molecule has 0 saturated carbocycles. The smallest absolute Gasteiger partial charge is 0.319 e. The van der Waals surface area contributed by atoms with Crippen molar-refractivity contribution in [2.45, 2.75) is 0 Å². The molecule has 1 amide bonds. The molecular formula is C9H13N3O3S. The summed E-state index contributed by atoms with van der Waals surface area (Å²) in [4.78, 5) is 27.8. The van der Waals surface area contributed by atoms with Gasteiger partial charge in [0.15, 0.2) is 5.13 Å². The predicted octanol–water partition coefficient (Wildman–Crippen LogP) is 0.186. The number of esters is 1. The van der Waals surface area contributed by atoms with E-state index in [1.165, 1.54) is 18.4 Å². The Kier molecular flexibility index (Phi) is 4.87. The lowest BCUT2D eigenvalue weighted by atomic mass is 10.5. The zero-order chi connectivity index (χ0) is 12.0. The van der Waals surface area contributed by atoms with Crippen molar-refractivity contribution < 1.29 is 14.3 Å². The fraction of sp³-hybridized carbons (Fsp3) is 0.444. The highest BCUT2D eigenvalue weighted by molar-refractivity contribution is 7.13. The van der Waals surface area contributed by atoms with Gasteiger partial charge >= 0.3 is 5.97 Å². The number of nitrogens with zero attached hydrogens (tertiary/aromatic N) is 2. The van der Waals surface area contributed by atoms with Crippen LogP contribution in [0.3, 0.4) is 0 Å². The largest absolute Gasteiger partial charge is 0.468 e. The van der Waals surface area contributed by atoms with E-state index in [9.17, 15) is 9.59 Å². The maximum absolute atomic E-state index is 11.5. The van der Waals surface area contributed by atoms with Crippen molar-refractivity contribution in [3.8, 4) is 0 Å². The normalized spacial score (nSPS) is 10.2. The van der Waals surface area contributed by atoms with Gasteiger partial charge in [-0.3, -0.25) is 14.5 Å². The average Bonchev–Trinajstić information content (AvgIpc) is 2.69. The summed E-state index contributed by atoms with van der Waals surface area (Å²) in [6.07, 6.45) is 1.61. The Bertz CT molecular complexity index is 353. The van der Waals surface area contributed by atoms with Crippen molar-refractivity contribution in [2.75, 3.05) is 32.6 Å². The van der Waals surface area contributed by atoms with Gasteiger partial charge in [-0.1, -0.05) is 0 Å². The second kappa shape index (κ2) is 6.19. The van der Waals surface area contributed by atoms with Crippen molar-refractivity contribution in [2.24, 2.45) is 0 Å². The number of carbonyl (C=O) groups excluding carboxylic acids is 2. The van der Waals surface area contributed by atoms with Gasteiger partial charge in [0, 0.05) is 11.6 Å². The maximum atomic E-state index is 11.5. The molecule has 0 radical (unpaired) electrons. The Balaban J connectivity index is 2.31. The second-order valence-corrected chi connectivity index (χ2v) is 4.03. The number of anilines is 1. The van der Waals surface area contributed by atoms with E-state index in [0.717, 1.165) is 0 Å². The third-order valence-electron chi connectivity index (χ3n) is 1.72. The Morgan fingerprint density at radius 2 is 2.31 bits per heavy atom. The highest BCUT2D eigenvalue weighted by Gasteiger charge is 2.11. The number of methoxy groups -OCH3 is 1. The van der Waals surface area contributed by atoms with Gasteiger partial charge in [0.2, 0.25) is 5.91 Å². The van der Waals surface area contributed by atoms with E-state index in [4.69, 9.17) is 0 Å². The van der Waals surface area contributed by atoms with E-state index in [2.05, 4.69) is 15.0 Å². The summed E-state index contributed by atoms with van der Waals surface area (Å²) in [5.74, 6) is -0.578. The quantitative estimate of drug-likeness (QED) is 0.747. The van der Waals surface area contributed by atoms with Gasteiger partial charge in [-0.25, -0.2) is 4.98 Å². The lowest BCUT2D eigenvalue weighted by molar-refractivity contribution is -0.141. The monoisotopic (exact) mass is 243 g/mol. The minimum absolute atomic E-state index is 0.0851. The van der Waals surface area contributed by atoms with Crippen molar-refractivity contribution in [1.29, 1.82) is 0 Å². The fourth-order valence-electron chi connectivity index (χ4n) is 1.03. The number of carbonyl (C=O) groups is 2. The molecule has 0 aliphatic heterocycles. The number of hydrogen-bond donors (Lipinski definition) is 1. The van der Waals surface area contributed by atoms with Gasteiger partial charge in [0.05, 0.1) is 20.2 Å².